The van der Waals surface area contributed by atoms with Gasteiger partial charge in [0, 0.05) is 22.7 Å². The molecule has 2 nitrogen and oxygen atoms in total. The van der Waals surface area contributed by atoms with E-state index in [9.17, 15) is 4.39 Å². The van der Waals surface area contributed by atoms with Gasteiger partial charge in [-0.25, -0.2) is 4.39 Å². The molecule has 0 unspecified atom stereocenters. The third kappa shape index (κ3) is 3.04. The van der Waals surface area contributed by atoms with Gasteiger partial charge in [0.05, 0.1) is 0 Å². The van der Waals surface area contributed by atoms with Gasteiger partial charge in [-0.05, 0) is 25.0 Å². The Labute approximate surface area is 91.1 Å². The van der Waals surface area contributed by atoms with Crippen LogP contribution in [0.3, 0.4) is 0 Å². The maximum absolute atomic E-state index is 13.4. The topological polar surface area (TPSA) is 46.2 Å². The van der Waals surface area contributed by atoms with Crippen LogP contribution in [0, 0.1) is 5.82 Å². The number of halogens is 2. The zero-order chi connectivity index (χ0) is 10.6. The van der Waals surface area contributed by atoms with Gasteiger partial charge in [-0.3, -0.25) is 0 Å². The summed E-state index contributed by atoms with van der Waals surface area (Å²) in [4.78, 5) is 0. The van der Waals surface area contributed by atoms with E-state index in [1.807, 2.05) is 0 Å². The smallest absolute Gasteiger partial charge is 0.129 e. The summed E-state index contributed by atoms with van der Waals surface area (Å²) >= 11 is 3.18. The second-order valence-corrected chi connectivity index (χ2v) is 4.05. The normalized spacial score (nSPS) is 12.9. The first-order chi connectivity index (χ1) is 6.65. The molecule has 0 aliphatic heterocycles. The zero-order valence-electron chi connectivity index (χ0n) is 7.71. The Morgan fingerprint density at radius 3 is 2.79 bits per heavy atom. The molecule has 3 N–H and O–H groups in total. The van der Waals surface area contributed by atoms with Crippen LogP contribution in [0.4, 0.5) is 4.39 Å². The minimum absolute atomic E-state index is 0.0891. The van der Waals surface area contributed by atoms with Crippen molar-refractivity contribution >= 4 is 15.9 Å². The maximum Gasteiger partial charge on any atom is 0.129 e. The van der Waals surface area contributed by atoms with Crippen molar-refractivity contribution in [3.63, 3.8) is 0 Å². The molecule has 0 aliphatic carbocycles. The van der Waals surface area contributed by atoms with E-state index in [1.165, 1.54) is 6.07 Å². The standard InChI is InChI=1S/C10H13BrFNO/c11-7-3-4-8(9(12)6-7)10(13)2-1-5-14/h3-4,6,10,14H,1-2,5,13H2/t10-/m1/s1. The first kappa shape index (κ1) is 11.6. The van der Waals surface area contributed by atoms with Gasteiger partial charge in [0.15, 0.2) is 0 Å². The summed E-state index contributed by atoms with van der Waals surface area (Å²) in [5.41, 5.74) is 6.27. The molecule has 0 saturated heterocycles. The van der Waals surface area contributed by atoms with E-state index in [2.05, 4.69) is 15.9 Å². The van der Waals surface area contributed by atoms with Crippen molar-refractivity contribution in [2.45, 2.75) is 18.9 Å². The number of hydrogen-bond donors (Lipinski definition) is 2. The van der Waals surface area contributed by atoms with E-state index >= 15 is 0 Å². The number of hydrogen-bond acceptors (Lipinski definition) is 2. The fraction of sp³-hybridized carbons (Fsp3) is 0.400. The van der Waals surface area contributed by atoms with Gasteiger partial charge in [-0.15, -0.1) is 0 Å². The Bertz CT molecular complexity index is 306. The molecule has 78 valence electrons. The summed E-state index contributed by atoms with van der Waals surface area (Å²) in [6.07, 6.45) is 1.19. The fourth-order valence-corrected chi connectivity index (χ4v) is 1.60. The summed E-state index contributed by atoms with van der Waals surface area (Å²) < 4.78 is 14.1. The highest BCUT2D eigenvalue weighted by Gasteiger charge is 2.10. The lowest BCUT2D eigenvalue weighted by atomic mass is 10.0. The Morgan fingerprint density at radius 1 is 1.50 bits per heavy atom. The third-order valence-corrected chi connectivity index (χ3v) is 2.53. The second-order valence-electron chi connectivity index (χ2n) is 3.14. The van der Waals surface area contributed by atoms with Gasteiger partial charge in [-0.1, -0.05) is 22.0 Å². The summed E-state index contributed by atoms with van der Waals surface area (Å²) in [6.45, 7) is 0.0891. The van der Waals surface area contributed by atoms with Crippen LogP contribution in [-0.2, 0) is 0 Å². The number of aliphatic hydroxyl groups is 1. The Hall–Kier alpha value is -0.450. The molecule has 0 aliphatic rings. The Kier molecular flexibility index (Phi) is 4.51. The predicted molar refractivity (Wildman–Crippen MR) is 57.3 cm³/mol. The Morgan fingerprint density at radius 2 is 2.21 bits per heavy atom. The van der Waals surface area contributed by atoms with E-state index in [4.69, 9.17) is 10.8 Å². The predicted octanol–water partition coefficient (Wildman–Crippen LogP) is 2.36. The molecule has 0 fully saturated rings. The molecule has 1 aromatic carbocycles. The summed E-state index contributed by atoms with van der Waals surface area (Å²) in [6, 6.07) is 4.49. The highest BCUT2D eigenvalue weighted by atomic mass is 79.9. The van der Waals surface area contributed by atoms with E-state index in [-0.39, 0.29) is 18.5 Å². The van der Waals surface area contributed by atoms with Crippen LogP contribution in [0.5, 0.6) is 0 Å². The highest BCUT2D eigenvalue weighted by molar-refractivity contribution is 9.10. The van der Waals surface area contributed by atoms with Crippen LogP contribution in [0.15, 0.2) is 22.7 Å². The summed E-state index contributed by atoms with van der Waals surface area (Å²) in [5, 5.41) is 8.62. The van der Waals surface area contributed by atoms with E-state index in [0.717, 1.165) is 0 Å². The number of benzene rings is 1. The van der Waals surface area contributed by atoms with Gasteiger partial charge in [-0.2, -0.15) is 0 Å². The maximum atomic E-state index is 13.4. The minimum atomic E-state index is -0.338. The van der Waals surface area contributed by atoms with Crippen LogP contribution < -0.4 is 5.73 Å². The van der Waals surface area contributed by atoms with Gasteiger partial charge < -0.3 is 10.8 Å². The molecular formula is C10H13BrFNO. The molecule has 0 spiro atoms. The first-order valence-corrected chi connectivity index (χ1v) is 5.26. The molecule has 0 radical (unpaired) electrons. The third-order valence-electron chi connectivity index (χ3n) is 2.04. The molecule has 0 heterocycles. The second kappa shape index (κ2) is 5.44. The van der Waals surface area contributed by atoms with Gasteiger partial charge >= 0.3 is 0 Å². The van der Waals surface area contributed by atoms with Crippen LogP contribution in [0.1, 0.15) is 24.4 Å². The van der Waals surface area contributed by atoms with E-state index in [0.29, 0.717) is 22.9 Å². The summed E-state index contributed by atoms with van der Waals surface area (Å²) in [5.74, 6) is -0.301. The highest BCUT2D eigenvalue weighted by Crippen LogP contribution is 2.22. The van der Waals surface area contributed by atoms with Crippen molar-refractivity contribution in [2.24, 2.45) is 5.73 Å². The van der Waals surface area contributed by atoms with Crippen molar-refractivity contribution in [3.8, 4) is 0 Å². The molecule has 1 atom stereocenters. The number of nitrogens with two attached hydrogens (primary N) is 1. The molecule has 0 saturated carbocycles. The molecule has 14 heavy (non-hydrogen) atoms. The SMILES string of the molecule is N[C@H](CCCO)c1ccc(Br)cc1F. The molecule has 0 bridgehead atoms. The number of aliphatic hydroxyl groups excluding tert-OH is 1. The quantitative estimate of drug-likeness (QED) is 0.874. The Balaban J connectivity index is 2.74. The first-order valence-electron chi connectivity index (χ1n) is 4.46. The number of rotatable bonds is 4. The van der Waals surface area contributed by atoms with Crippen LogP contribution in [-0.4, -0.2) is 11.7 Å². The average Bonchev–Trinajstić information content (AvgIpc) is 2.14. The molecule has 1 rings (SSSR count). The van der Waals surface area contributed by atoms with Crippen molar-refractivity contribution < 1.29 is 9.50 Å². The van der Waals surface area contributed by atoms with Gasteiger partial charge in [0.2, 0.25) is 0 Å². The van der Waals surface area contributed by atoms with Crippen LogP contribution in [0.25, 0.3) is 0 Å². The molecule has 1 aromatic rings. The monoisotopic (exact) mass is 261 g/mol. The summed E-state index contributed by atoms with van der Waals surface area (Å²) in [7, 11) is 0. The van der Waals surface area contributed by atoms with Crippen molar-refractivity contribution in [3.05, 3.63) is 34.1 Å². The minimum Gasteiger partial charge on any atom is -0.396 e. The lowest BCUT2D eigenvalue weighted by Crippen LogP contribution is -2.12. The van der Waals surface area contributed by atoms with Crippen molar-refractivity contribution in [1.82, 2.24) is 0 Å². The molecule has 4 heteroatoms. The molecule has 0 amide bonds. The largest absolute Gasteiger partial charge is 0.396 e. The van der Waals surface area contributed by atoms with Crippen LogP contribution in [0.2, 0.25) is 0 Å². The van der Waals surface area contributed by atoms with Gasteiger partial charge in [0.25, 0.3) is 0 Å². The molecular weight excluding hydrogens is 249 g/mol. The average molecular weight is 262 g/mol. The van der Waals surface area contributed by atoms with Crippen LogP contribution >= 0.6 is 15.9 Å². The lowest BCUT2D eigenvalue weighted by molar-refractivity contribution is 0.279. The van der Waals surface area contributed by atoms with E-state index < -0.39 is 0 Å². The van der Waals surface area contributed by atoms with Crippen molar-refractivity contribution in [1.29, 1.82) is 0 Å². The molecule has 0 aromatic heterocycles. The zero-order valence-corrected chi connectivity index (χ0v) is 9.30. The van der Waals surface area contributed by atoms with Crippen molar-refractivity contribution in [2.75, 3.05) is 6.61 Å². The van der Waals surface area contributed by atoms with E-state index in [1.54, 1.807) is 12.1 Å². The van der Waals surface area contributed by atoms with Gasteiger partial charge in [0.1, 0.15) is 5.82 Å². The lowest BCUT2D eigenvalue weighted by Gasteiger charge is -2.12. The fourth-order valence-electron chi connectivity index (χ4n) is 1.27.